The van der Waals surface area contributed by atoms with E-state index in [-0.39, 0.29) is 5.91 Å². The van der Waals surface area contributed by atoms with Crippen molar-refractivity contribution in [3.63, 3.8) is 0 Å². The number of carbonyl (C=O) groups excluding carboxylic acids is 1. The van der Waals surface area contributed by atoms with Gasteiger partial charge in [0.15, 0.2) is 0 Å². The molecule has 1 N–H and O–H groups in total. The summed E-state index contributed by atoms with van der Waals surface area (Å²) in [6.07, 6.45) is 0. The van der Waals surface area contributed by atoms with E-state index in [1.54, 1.807) is 7.11 Å². The molecular formula is C12H17NO3S. The highest BCUT2D eigenvalue weighted by Gasteiger charge is 2.02. The van der Waals surface area contributed by atoms with E-state index in [0.29, 0.717) is 19.0 Å². The molecule has 0 radical (unpaired) electrons. The van der Waals surface area contributed by atoms with Gasteiger partial charge in [-0.3, -0.25) is 9.63 Å². The summed E-state index contributed by atoms with van der Waals surface area (Å²) in [5, 5.41) is 0. The van der Waals surface area contributed by atoms with Crippen LogP contribution in [0.15, 0.2) is 29.2 Å². The highest BCUT2D eigenvalue weighted by atomic mass is 32.2. The molecule has 1 aromatic rings. The van der Waals surface area contributed by atoms with Crippen molar-refractivity contribution in [3.8, 4) is 0 Å². The average Bonchev–Trinajstić information content (AvgIpc) is 2.34. The zero-order valence-electron chi connectivity index (χ0n) is 10.1. The van der Waals surface area contributed by atoms with Gasteiger partial charge in [0.1, 0.15) is 0 Å². The van der Waals surface area contributed by atoms with Crippen LogP contribution in [0.2, 0.25) is 0 Å². The molecule has 0 aliphatic heterocycles. The van der Waals surface area contributed by atoms with E-state index in [9.17, 15) is 4.79 Å². The second-order valence-electron chi connectivity index (χ2n) is 3.47. The molecule has 0 spiro atoms. The zero-order valence-corrected chi connectivity index (χ0v) is 10.9. The second kappa shape index (κ2) is 8.11. The molecular weight excluding hydrogens is 238 g/mol. The summed E-state index contributed by atoms with van der Waals surface area (Å²) >= 11 is 1.48. The molecule has 4 nitrogen and oxygen atoms in total. The number of hydrogen-bond acceptors (Lipinski definition) is 4. The molecule has 0 aliphatic carbocycles. The number of ether oxygens (including phenoxy) is 1. The van der Waals surface area contributed by atoms with Crippen LogP contribution >= 0.6 is 11.8 Å². The molecule has 1 aromatic carbocycles. The van der Waals surface area contributed by atoms with Crippen LogP contribution in [-0.2, 0) is 14.4 Å². The number of hydrogen-bond donors (Lipinski definition) is 1. The van der Waals surface area contributed by atoms with Crippen molar-refractivity contribution in [2.75, 3.05) is 26.1 Å². The van der Waals surface area contributed by atoms with Gasteiger partial charge in [0.25, 0.3) is 5.91 Å². The summed E-state index contributed by atoms with van der Waals surface area (Å²) in [7, 11) is 1.58. The van der Waals surface area contributed by atoms with E-state index in [2.05, 4.69) is 5.48 Å². The first kappa shape index (κ1) is 14.0. The Morgan fingerprint density at radius 2 is 2.00 bits per heavy atom. The third-order valence-corrected chi connectivity index (χ3v) is 2.98. The molecule has 0 heterocycles. The molecule has 0 saturated heterocycles. The Kier molecular flexibility index (Phi) is 6.69. The standard InChI is InChI=1S/C12H17NO3S/c1-10-3-5-11(6-4-10)17-9-12(14)13-16-8-7-15-2/h3-6H,7-9H2,1-2H3,(H,13,14). The Hall–Kier alpha value is -1.04. The van der Waals surface area contributed by atoms with Crippen molar-refractivity contribution < 1.29 is 14.4 Å². The Morgan fingerprint density at radius 1 is 1.29 bits per heavy atom. The topological polar surface area (TPSA) is 47.6 Å². The fourth-order valence-corrected chi connectivity index (χ4v) is 1.75. The average molecular weight is 255 g/mol. The van der Waals surface area contributed by atoms with Crippen molar-refractivity contribution in [1.29, 1.82) is 0 Å². The maximum atomic E-state index is 11.3. The van der Waals surface area contributed by atoms with Crippen LogP contribution in [0, 0.1) is 6.92 Å². The first-order valence-corrected chi connectivity index (χ1v) is 6.30. The number of amides is 1. The normalized spacial score (nSPS) is 10.2. The fourth-order valence-electron chi connectivity index (χ4n) is 1.07. The van der Waals surface area contributed by atoms with Gasteiger partial charge in [-0.15, -0.1) is 11.8 Å². The van der Waals surface area contributed by atoms with Gasteiger partial charge in [0, 0.05) is 12.0 Å². The van der Waals surface area contributed by atoms with E-state index in [1.807, 2.05) is 31.2 Å². The number of rotatable bonds is 7. The van der Waals surface area contributed by atoms with Crippen LogP contribution in [0.3, 0.4) is 0 Å². The maximum Gasteiger partial charge on any atom is 0.253 e. The fraction of sp³-hybridized carbons (Fsp3) is 0.417. The van der Waals surface area contributed by atoms with Crippen LogP contribution < -0.4 is 5.48 Å². The van der Waals surface area contributed by atoms with Crippen LogP contribution in [0.5, 0.6) is 0 Å². The summed E-state index contributed by atoms with van der Waals surface area (Å²) in [6.45, 7) is 2.85. The lowest BCUT2D eigenvalue weighted by Crippen LogP contribution is -2.26. The van der Waals surface area contributed by atoms with Gasteiger partial charge in [-0.25, -0.2) is 5.48 Å². The van der Waals surface area contributed by atoms with E-state index in [4.69, 9.17) is 9.57 Å². The molecule has 5 heteroatoms. The Morgan fingerprint density at radius 3 is 2.65 bits per heavy atom. The summed E-state index contributed by atoms with van der Waals surface area (Å²) < 4.78 is 4.78. The number of nitrogens with one attached hydrogen (secondary N) is 1. The minimum atomic E-state index is -0.147. The van der Waals surface area contributed by atoms with E-state index >= 15 is 0 Å². The number of aryl methyl sites for hydroxylation is 1. The van der Waals surface area contributed by atoms with Gasteiger partial charge in [-0.2, -0.15) is 0 Å². The number of benzene rings is 1. The first-order chi connectivity index (χ1) is 8.22. The molecule has 17 heavy (non-hydrogen) atoms. The largest absolute Gasteiger partial charge is 0.382 e. The molecule has 0 unspecified atom stereocenters. The van der Waals surface area contributed by atoms with Gasteiger partial charge in [0.2, 0.25) is 0 Å². The molecule has 0 aromatic heterocycles. The number of thioether (sulfide) groups is 1. The van der Waals surface area contributed by atoms with E-state index < -0.39 is 0 Å². The molecule has 0 bridgehead atoms. The Labute approximate surface area is 106 Å². The lowest BCUT2D eigenvalue weighted by atomic mass is 10.2. The zero-order chi connectivity index (χ0) is 12.5. The predicted molar refractivity (Wildman–Crippen MR) is 67.9 cm³/mol. The quantitative estimate of drug-likeness (QED) is 0.458. The number of hydroxylamine groups is 1. The van der Waals surface area contributed by atoms with Crippen molar-refractivity contribution in [2.24, 2.45) is 0 Å². The summed E-state index contributed by atoms with van der Waals surface area (Å²) in [5.41, 5.74) is 3.57. The molecule has 0 aliphatic rings. The van der Waals surface area contributed by atoms with Gasteiger partial charge < -0.3 is 4.74 Å². The van der Waals surface area contributed by atoms with E-state index in [0.717, 1.165) is 4.90 Å². The third-order valence-electron chi connectivity index (χ3n) is 1.97. The molecule has 1 amide bonds. The van der Waals surface area contributed by atoms with Crippen LogP contribution in [-0.4, -0.2) is 32.0 Å². The SMILES string of the molecule is COCCONC(=O)CSc1ccc(C)cc1. The van der Waals surface area contributed by atoms with Gasteiger partial charge in [-0.05, 0) is 19.1 Å². The molecule has 0 atom stereocenters. The predicted octanol–water partition coefficient (Wildman–Crippen LogP) is 1.78. The summed E-state index contributed by atoms with van der Waals surface area (Å²) in [4.78, 5) is 17.3. The molecule has 1 rings (SSSR count). The smallest absolute Gasteiger partial charge is 0.253 e. The van der Waals surface area contributed by atoms with Crippen molar-refractivity contribution in [1.82, 2.24) is 5.48 Å². The van der Waals surface area contributed by atoms with Gasteiger partial charge >= 0.3 is 0 Å². The monoisotopic (exact) mass is 255 g/mol. The molecule has 94 valence electrons. The van der Waals surface area contributed by atoms with Crippen molar-refractivity contribution in [3.05, 3.63) is 29.8 Å². The van der Waals surface area contributed by atoms with Crippen LogP contribution in [0.4, 0.5) is 0 Å². The van der Waals surface area contributed by atoms with Crippen molar-refractivity contribution >= 4 is 17.7 Å². The minimum absolute atomic E-state index is 0.147. The summed E-state index contributed by atoms with van der Waals surface area (Å²) in [5.74, 6) is 0.197. The van der Waals surface area contributed by atoms with Gasteiger partial charge in [-0.1, -0.05) is 17.7 Å². The minimum Gasteiger partial charge on any atom is -0.382 e. The van der Waals surface area contributed by atoms with Crippen LogP contribution in [0.25, 0.3) is 0 Å². The molecule has 0 saturated carbocycles. The van der Waals surface area contributed by atoms with Crippen LogP contribution in [0.1, 0.15) is 5.56 Å². The second-order valence-corrected chi connectivity index (χ2v) is 4.52. The lowest BCUT2D eigenvalue weighted by molar-refractivity contribution is -0.131. The highest BCUT2D eigenvalue weighted by molar-refractivity contribution is 8.00. The van der Waals surface area contributed by atoms with Gasteiger partial charge in [0.05, 0.1) is 19.0 Å². The first-order valence-electron chi connectivity index (χ1n) is 5.31. The van der Waals surface area contributed by atoms with Crippen molar-refractivity contribution in [2.45, 2.75) is 11.8 Å². The maximum absolute atomic E-state index is 11.3. The summed E-state index contributed by atoms with van der Waals surface area (Å²) in [6, 6.07) is 8.04. The Balaban J connectivity index is 2.17. The molecule has 0 fully saturated rings. The Bertz CT molecular complexity index is 340. The van der Waals surface area contributed by atoms with E-state index in [1.165, 1.54) is 17.3 Å². The third kappa shape index (κ3) is 6.31. The lowest BCUT2D eigenvalue weighted by Gasteiger charge is -2.05. The number of carbonyl (C=O) groups is 1. The highest BCUT2D eigenvalue weighted by Crippen LogP contribution is 2.17. The number of methoxy groups -OCH3 is 1.